The Labute approximate surface area is 385 Å². The summed E-state index contributed by atoms with van der Waals surface area (Å²) in [5.41, 5.74) is 9.21. The summed E-state index contributed by atoms with van der Waals surface area (Å²) in [7, 11) is 14.0. The van der Waals surface area contributed by atoms with Crippen molar-refractivity contribution in [3.05, 3.63) is 160 Å². The van der Waals surface area contributed by atoms with Crippen LogP contribution >= 0.6 is 23.1 Å². The van der Waals surface area contributed by atoms with Gasteiger partial charge < -0.3 is 18.8 Å². The maximum atomic E-state index is 2.54. The van der Waals surface area contributed by atoms with Crippen LogP contribution in [0.1, 0.15) is 55.7 Å². The molecule has 6 nitrogen and oxygen atoms in total. The number of aryl methyl sites for hydroxylation is 2. The van der Waals surface area contributed by atoms with Crippen molar-refractivity contribution in [3.8, 4) is 0 Å². The zero-order valence-corrected chi connectivity index (χ0v) is 40.6. The number of quaternary nitrogens is 2. The van der Waals surface area contributed by atoms with Crippen LogP contribution in [0, 0.1) is 0 Å². The number of rotatable bonds is 17. The van der Waals surface area contributed by atoms with E-state index in [-0.39, 0.29) is 5.41 Å². The molecule has 63 heavy (non-hydrogen) atoms. The summed E-state index contributed by atoms with van der Waals surface area (Å²) in [6, 6.07) is 37.5. The lowest BCUT2D eigenvalue weighted by atomic mass is 9.84. The maximum Gasteiger partial charge on any atom is 0.262 e. The van der Waals surface area contributed by atoms with Crippen LogP contribution in [0.15, 0.2) is 149 Å². The lowest BCUT2D eigenvalue weighted by Gasteiger charge is -2.33. The van der Waals surface area contributed by atoms with Gasteiger partial charge in [0.15, 0.2) is 19.3 Å². The van der Waals surface area contributed by atoms with E-state index in [9.17, 15) is 0 Å². The highest BCUT2D eigenvalue weighted by Crippen LogP contribution is 2.47. The van der Waals surface area contributed by atoms with Gasteiger partial charge in [0.25, 0.3) is 5.01 Å². The molecule has 2 aliphatic rings. The number of benzene rings is 4. The van der Waals surface area contributed by atoms with Crippen LogP contribution in [-0.4, -0.2) is 77.4 Å². The largest absolute Gasteiger partial charge is 0.347 e. The number of aromatic nitrogens is 2. The van der Waals surface area contributed by atoms with Crippen molar-refractivity contribution in [3.63, 3.8) is 0 Å². The van der Waals surface area contributed by atoms with Crippen LogP contribution in [-0.2, 0) is 18.5 Å². The molecule has 2 aromatic heterocycles. The Kier molecular flexibility index (Phi) is 13.5. The van der Waals surface area contributed by atoms with Gasteiger partial charge in [0.2, 0.25) is 11.0 Å². The second kappa shape index (κ2) is 19.0. The van der Waals surface area contributed by atoms with Gasteiger partial charge in [0, 0.05) is 79.3 Å². The molecule has 4 aromatic carbocycles. The van der Waals surface area contributed by atoms with E-state index in [1.165, 1.54) is 110 Å². The molecule has 6 aromatic rings. The summed E-state index contributed by atoms with van der Waals surface area (Å²) in [5, 5.41) is 3.89. The summed E-state index contributed by atoms with van der Waals surface area (Å²) < 4.78 is 8.47. The maximum absolute atomic E-state index is 2.54. The standard InChI is InChI=1S/C55H68N6S2/c1-55(2)45-25-13-15-27-47(45)56(3)52(55)32-10-9-11-33-53-59(49-29-17-19-31-51(49)62-53)36-20-21-38-60(5,6)40-23-41-61(7,8)39-22-35-58-37-34-43(44-24-12-14-26-46(44)58)42-54-57(4)48-28-16-18-30-50(48)63-54/h9-19,24-34,37,42H,20-23,35-36,38-41H2,1-8H3/q+4. The van der Waals surface area contributed by atoms with E-state index in [0.717, 1.165) is 28.5 Å². The first kappa shape index (κ1) is 44.6. The average Bonchev–Trinajstić information content (AvgIpc) is 3.85. The molecule has 0 spiro atoms. The molecule has 4 heterocycles. The molecule has 0 amide bonds. The third kappa shape index (κ3) is 10.1. The summed E-state index contributed by atoms with van der Waals surface area (Å²) in [4.78, 5) is 5.97. The van der Waals surface area contributed by atoms with Gasteiger partial charge in [0.05, 0.1) is 76.9 Å². The number of pyridine rings is 1. The highest BCUT2D eigenvalue weighted by atomic mass is 32.2. The number of likely N-dealkylation sites (N-methyl/N-ethyl adjacent to an activating group) is 1. The summed E-state index contributed by atoms with van der Waals surface area (Å²) >= 11 is 3.75. The predicted octanol–water partition coefficient (Wildman–Crippen LogP) is 11.5. The summed E-state index contributed by atoms with van der Waals surface area (Å²) in [6.45, 7) is 11.5. The Hall–Kier alpha value is -4.99. The van der Waals surface area contributed by atoms with Gasteiger partial charge in [-0.3, -0.25) is 0 Å². The Morgan fingerprint density at radius 1 is 0.635 bits per heavy atom. The van der Waals surface area contributed by atoms with E-state index in [1.807, 2.05) is 23.1 Å². The van der Waals surface area contributed by atoms with Gasteiger partial charge in [0.1, 0.15) is 4.70 Å². The van der Waals surface area contributed by atoms with Gasteiger partial charge in [-0.25, -0.2) is 0 Å². The number of thiazole rings is 1. The minimum absolute atomic E-state index is 0.0126. The Balaban J connectivity index is 0.801. The third-order valence-corrected chi connectivity index (χ3v) is 15.7. The normalized spacial score (nSPS) is 16.5. The van der Waals surface area contributed by atoms with Gasteiger partial charge in [-0.1, -0.05) is 110 Å². The molecule has 0 saturated heterocycles. The predicted molar refractivity (Wildman–Crippen MR) is 271 cm³/mol. The molecule has 0 saturated carbocycles. The van der Waals surface area contributed by atoms with E-state index in [0.29, 0.717) is 0 Å². The minimum Gasteiger partial charge on any atom is -0.347 e. The third-order valence-electron chi connectivity index (χ3n) is 13.4. The number of hydrogen-bond donors (Lipinski definition) is 0. The van der Waals surface area contributed by atoms with Gasteiger partial charge in [-0.15, -0.1) is 0 Å². The van der Waals surface area contributed by atoms with Crippen molar-refractivity contribution in [2.45, 2.75) is 62.9 Å². The van der Waals surface area contributed by atoms with Crippen LogP contribution in [0.2, 0.25) is 0 Å². The molecule has 8 rings (SSSR count). The second-order valence-electron chi connectivity index (χ2n) is 19.3. The van der Waals surface area contributed by atoms with E-state index in [4.69, 9.17) is 0 Å². The van der Waals surface area contributed by atoms with E-state index in [1.54, 1.807) is 0 Å². The number of hydrogen-bond acceptors (Lipinski definition) is 4. The monoisotopic (exact) mass is 876 g/mol. The first-order valence-corrected chi connectivity index (χ1v) is 24.5. The number of allylic oxidation sites excluding steroid dienone is 5. The fourth-order valence-electron chi connectivity index (χ4n) is 9.70. The molecular weight excluding hydrogens is 809 g/mol. The van der Waals surface area contributed by atoms with Crippen molar-refractivity contribution in [2.75, 3.05) is 78.3 Å². The summed E-state index contributed by atoms with van der Waals surface area (Å²) in [5.74, 6) is 0. The number of anilines is 2. The van der Waals surface area contributed by atoms with Gasteiger partial charge in [-0.05, 0) is 53.6 Å². The highest BCUT2D eigenvalue weighted by molar-refractivity contribution is 8.03. The van der Waals surface area contributed by atoms with Gasteiger partial charge >= 0.3 is 0 Å². The molecule has 8 heteroatoms. The molecule has 0 radical (unpaired) electrons. The molecule has 0 fully saturated rings. The van der Waals surface area contributed by atoms with Crippen LogP contribution in [0.3, 0.4) is 0 Å². The molecule has 2 aliphatic heterocycles. The SMILES string of the molecule is CN1/C(=C/c2cc[n+](CCC[N+](C)(C)CCC[N+](C)(C)CCCC[n+]3c(/C=C/C=C/C=C4/N(C)c5ccccc5C4(C)C)sc4ccccc43)c3ccccc23)Sc2ccccc21. The molecule has 0 aliphatic carbocycles. The zero-order valence-electron chi connectivity index (χ0n) is 38.9. The van der Waals surface area contributed by atoms with Crippen LogP contribution in [0.4, 0.5) is 11.4 Å². The molecule has 326 valence electrons. The van der Waals surface area contributed by atoms with Crippen LogP contribution in [0.5, 0.6) is 0 Å². The average molecular weight is 877 g/mol. The van der Waals surface area contributed by atoms with Crippen molar-refractivity contribution in [2.24, 2.45) is 0 Å². The highest BCUT2D eigenvalue weighted by Gasteiger charge is 2.37. The van der Waals surface area contributed by atoms with Crippen LogP contribution in [0.25, 0.3) is 33.3 Å². The molecule has 0 bridgehead atoms. The lowest BCUT2D eigenvalue weighted by Crippen LogP contribution is -2.47. The van der Waals surface area contributed by atoms with Crippen molar-refractivity contribution >= 4 is 67.7 Å². The van der Waals surface area contributed by atoms with Crippen molar-refractivity contribution in [1.29, 1.82) is 0 Å². The molecular formula is C55H68N6S2+4. The summed E-state index contributed by atoms with van der Waals surface area (Å²) in [6.07, 6.45) is 20.6. The fourth-order valence-corrected chi connectivity index (χ4v) is 11.9. The molecule has 0 atom stereocenters. The Morgan fingerprint density at radius 3 is 2.08 bits per heavy atom. The Morgan fingerprint density at radius 2 is 1.30 bits per heavy atom. The quantitative estimate of drug-likeness (QED) is 0.0393. The van der Waals surface area contributed by atoms with Gasteiger partial charge in [-0.2, -0.15) is 9.13 Å². The topological polar surface area (TPSA) is 14.2 Å². The molecule has 0 N–H and O–H groups in total. The Bertz CT molecular complexity index is 2700. The zero-order chi connectivity index (χ0) is 44.2. The van der Waals surface area contributed by atoms with E-state index >= 15 is 0 Å². The number of unbranched alkanes of at least 4 members (excludes halogenated alkanes) is 1. The number of fused-ring (bicyclic) bond motifs is 4. The number of nitrogens with zero attached hydrogens (tertiary/aromatic N) is 6. The first-order chi connectivity index (χ1) is 30.3. The molecule has 0 unspecified atom stereocenters. The van der Waals surface area contributed by atoms with Crippen molar-refractivity contribution < 1.29 is 18.1 Å². The van der Waals surface area contributed by atoms with Crippen molar-refractivity contribution in [1.82, 2.24) is 0 Å². The van der Waals surface area contributed by atoms with E-state index < -0.39 is 0 Å². The fraction of sp³-hybridized carbons (Fsp3) is 0.345. The smallest absolute Gasteiger partial charge is 0.262 e. The minimum atomic E-state index is -0.0126. The lowest BCUT2D eigenvalue weighted by molar-refractivity contribution is -0.910. The number of thioether (sulfide) groups is 1. The number of para-hydroxylation sites is 4. The van der Waals surface area contributed by atoms with E-state index in [2.05, 4.69) is 221 Å². The second-order valence-corrected chi connectivity index (χ2v) is 21.5. The first-order valence-electron chi connectivity index (χ1n) is 22.9. The van der Waals surface area contributed by atoms with Crippen LogP contribution < -0.4 is 18.9 Å².